The summed E-state index contributed by atoms with van der Waals surface area (Å²) in [5.74, 6) is -2.14. The van der Waals surface area contributed by atoms with Crippen molar-refractivity contribution < 1.29 is 45.4 Å². The van der Waals surface area contributed by atoms with E-state index in [1.807, 2.05) is 4.72 Å². The molecule has 2 aromatic rings. The molecule has 2 aromatic carbocycles. The molecule has 2 N–H and O–H groups in total. The zero-order valence-corrected chi connectivity index (χ0v) is 18.0. The Labute approximate surface area is 186 Å². The van der Waals surface area contributed by atoms with Crippen LogP contribution < -0.4 is 10.0 Å². The lowest BCUT2D eigenvalue weighted by Gasteiger charge is -2.10. The van der Waals surface area contributed by atoms with E-state index in [0.717, 1.165) is 18.2 Å². The third-order valence-corrected chi connectivity index (χ3v) is 5.51. The number of carbonyl (C=O) groups is 3. The van der Waals surface area contributed by atoms with Gasteiger partial charge >= 0.3 is 18.1 Å². The smallest absolute Gasteiger partial charge is 0.416 e. The molecule has 0 aliphatic carbocycles. The van der Waals surface area contributed by atoms with E-state index in [0.29, 0.717) is 11.8 Å². The number of carbonyl (C=O) groups excluding carboxylic acids is 3. The zero-order valence-electron chi connectivity index (χ0n) is 17.1. The van der Waals surface area contributed by atoms with Gasteiger partial charge < -0.3 is 14.8 Å². The van der Waals surface area contributed by atoms with Gasteiger partial charge in [0.1, 0.15) is 0 Å². The number of methoxy groups -OCH3 is 1. The Balaban J connectivity index is 1.79. The lowest BCUT2D eigenvalue weighted by atomic mass is 10.2. The number of ether oxygens (including phenoxy) is 2. The number of halogens is 3. The number of anilines is 1. The van der Waals surface area contributed by atoms with Crippen molar-refractivity contribution in [2.24, 2.45) is 0 Å². The molecule has 0 radical (unpaired) electrons. The lowest BCUT2D eigenvalue weighted by molar-refractivity contribution is -0.147. The molecule has 33 heavy (non-hydrogen) atoms. The minimum atomic E-state index is -4.71. The van der Waals surface area contributed by atoms with E-state index in [-0.39, 0.29) is 5.56 Å². The molecule has 13 heteroatoms. The average molecular weight is 488 g/mol. The van der Waals surface area contributed by atoms with Crippen molar-refractivity contribution in [1.29, 1.82) is 0 Å². The minimum absolute atomic E-state index is 0.273. The van der Waals surface area contributed by atoms with Gasteiger partial charge in [0.2, 0.25) is 10.0 Å². The number of alkyl halides is 3. The maximum atomic E-state index is 12.7. The molecule has 0 unspecified atom stereocenters. The van der Waals surface area contributed by atoms with E-state index >= 15 is 0 Å². The van der Waals surface area contributed by atoms with Crippen molar-refractivity contribution >= 4 is 33.6 Å². The highest BCUT2D eigenvalue weighted by atomic mass is 32.2. The van der Waals surface area contributed by atoms with Gasteiger partial charge in [-0.3, -0.25) is 9.59 Å². The second-order valence-corrected chi connectivity index (χ2v) is 8.22. The van der Waals surface area contributed by atoms with E-state index in [4.69, 9.17) is 4.74 Å². The summed E-state index contributed by atoms with van der Waals surface area (Å²) in [7, 11) is -3.07. The van der Waals surface area contributed by atoms with E-state index in [2.05, 4.69) is 10.1 Å². The quantitative estimate of drug-likeness (QED) is 0.519. The van der Waals surface area contributed by atoms with Gasteiger partial charge in [0.25, 0.3) is 5.91 Å². The molecule has 0 aliphatic rings. The normalized spacial score (nSPS) is 11.5. The number of amides is 1. The Kier molecular flexibility index (Phi) is 8.54. The molecule has 0 aromatic heterocycles. The van der Waals surface area contributed by atoms with Crippen LogP contribution in [0.1, 0.15) is 22.3 Å². The Morgan fingerprint density at radius 3 is 2.30 bits per heavy atom. The van der Waals surface area contributed by atoms with Crippen LogP contribution in [0.15, 0.2) is 53.4 Å². The highest BCUT2D eigenvalue weighted by molar-refractivity contribution is 7.89. The van der Waals surface area contributed by atoms with Gasteiger partial charge in [-0.1, -0.05) is 6.07 Å². The molecule has 9 nitrogen and oxygen atoms in total. The maximum absolute atomic E-state index is 12.7. The summed E-state index contributed by atoms with van der Waals surface area (Å²) < 4.78 is 73.7. The monoisotopic (exact) mass is 488 g/mol. The number of rotatable bonds is 9. The first-order valence-electron chi connectivity index (χ1n) is 9.23. The number of esters is 2. The number of nitrogens with one attached hydrogen (secondary N) is 2. The minimum Gasteiger partial charge on any atom is -0.465 e. The van der Waals surface area contributed by atoms with Gasteiger partial charge in [-0.25, -0.2) is 17.9 Å². The van der Waals surface area contributed by atoms with E-state index in [9.17, 15) is 36.0 Å². The predicted molar refractivity (Wildman–Crippen MR) is 109 cm³/mol. The van der Waals surface area contributed by atoms with Crippen molar-refractivity contribution in [2.75, 3.05) is 25.6 Å². The van der Waals surface area contributed by atoms with Crippen molar-refractivity contribution in [3.05, 3.63) is 59.7 Å². The van der Waals surface area contributed by atoms with Crippen LogP contribution in [0.4, 0.5) is 18.9 Å². The molecule has 2 rings (SSSR count). The fraction of sp³-hybridized carbons (Fsp3) is 0.250. The number of hydrogen-bond acceptors (Lipinski definition) is 7. The third kappa shape index (κ3) is 7.88. The molecule has 0 aliphatic heterocycles. The number of sulfonamides is 1. The van der Waals surface area contributed by atoms with Crippen LogP contribution >= 0.6 is 0 Å². The molecule has 0 saturated heterocycles. The summed E-state index contributed by atoms with van der Waals surface area (Å²) in [6.45, 7) is -1.11. The van der Waals surface area contributed by atoms with Crippen LogP contribution in [0.25, 0.3) is 0 Å². The molecule has 0 saturated carbocycles. The van der Waals surface area contributed by atoms with Gasteiger partial charge in [0, 0.05) is 12.2 Å². The molecule has 0 spiro atoms. The van der Waals surface area contributed by atoms with Crippen LogP contribution in [0.2, 0.25) is 0 Å². The molecule has 178 valence electrons. The Hall–Kier alpha value is -3.45. The standard InChI is InChI=1S/C20H19F3N2O7S/c1-31-19(28)13-5-7-15(8-6-13)25-17(26)12-32-18(27)9-10-24-33(29,30)16-4-2-3-14(11-16)20(21,22)23/h2-8,11,24H,9-10,12H2,1H3,(H,25,26). The summed E-state index contributed by atoms with van der Waals surface area (Å²) in [6.07, 6.45) is -5.17. The second-order valence-electron chi connectivity index (χ2n) is 6.45. The van der Waals surface area contributed by atoms with Crippen molar-refractivity contribution in [1.82, 2.24) is 4.72 Å². The van der Waals surface area contributed by atoms with E-state index in [1.54, 1.807) is 0 Å². The summed E-state index contributed by atoms with van der Waals surface area (Å²) >= 11 is 0. The van der Waals surface area contributed by atoms with Crippen molar-refractivity contribution in [2.45, 2.75) is 17.5 Å². The van der Waals surface area contributed by atoms with Gasteiger partial charge in [0.05, 0.1) is 29.6 Å². The first-order chi connectivity index (χ1) is 15.4. The summed E-state index contributed by atoms with van der Waals surface area (Å²) in [5, 5.41) is 2.43. The maximum Gasteiger partial charge on any atom is 0.416 e. The van der Waals surface area contributed by atoms with Gasteiger partial charge in [0.15, 0.2) is 6.61 Å². The van der Waals surface area contributed by atoms with Gasteiger partial charge in [-0.15, -0.1) is 0 Å². The molecular formula is C20H19F3N2O7S. The summed E-state index contributed by atoms with van der Waals surface area (Å²) in [6, 6.07) is 8.86. The Morgan fingerprint density at radius 1 is 1.03 bits per heavy atom. The van der Waals surface area contributed by atoms with Crippen LogP contribution in [0.5, 0.6) is 0 Å². The molecule has 0 bridgehead atoms. The SMILES string of the molecule is COC(=O)c1ccc(NC(=O)COC(=O)CCNS(=O)(=O)c2cccc(C(F)(F)F)c2)cc1. The fourth-order valence-corrected chi connectivity index (χ4v) is 3.51. The van der Waals surface area contributed by atoms with E-state index in [1.165, 1.54) is 31.4 Å². The Morgan fingerprint density at radius 2 is 1.70 bits per heavy atom. The third-order valence-electron chi connectivity index (χ3n) is 4.05. The van der Waals surface area contributed by atoms with Crippen LogP contribution in [-0.2, 0) is 35.3 Å². The van der Waals surface area contributed by atoms with Crippen LogP contribution in [-0.4, -0.2) is 46.5 Å². The first kappa shape index (κ1) is 25.8. The molecule has 0 atom stereocenters. The van der Waals surface area contributed by atoms with Gasteiger partial charge in [-0.05, 0) is 42.5 Å². The zero-order chi connectivity index (χ0) is 24.6. The highest BCUT2D eigenvalue weighted by Gasteiger charge is 2.31. The molecular weight excluding hydrogens is 469 g/mol. The first-order valence-corrected chi connectivity index (χ1v) is 10.7. The highest BCUT2D eigenvalue weighted by Crippen LogP contribution is 2.30. The predicted octanol–water partition coefficient (Wildman–Crippen LogP) is 2.34. The summed E-state index contributed by atoms with van der Waals surface area (Å²) in [5.41, 5.74) is -0.525. The lowest BCUT2D eigenvalue weighted by Crippen LogP contribution is -2.28. The van der Waals surface area contributed by atoms with Gasteiger partial charge in [-0.2, -0.15) is 13.2 Å². The van der Waals surface area contributed by atoms with Crippen molar-refractivity contribution in [3.8, 4) is 0 Å². The largest absolute Gasteiger partial charge is 0.465 e. The van der Waals surface area contributed by atoms with Crippen LogP contribution in [0, 0.1) is 0 Å². The number of hydrogen-bond donors (Lipinski definition) is 2. The molecule has 1 amide bonds. The van der Waals surface area contributed by atoms with E-state index < -0.39 is 64.1 Å². The average Bonchev–Trinajstić information content (AvgIpc) is 2.77. The van der Waals surface area contributed by atoms with Crippen molar-refractivity contribution in [3.63, 3.8) is 0 Å². The second kappa shape index (κ2) is 10.9. The topological polar surface area (TPSA) is 128 Å². The molecule has 0 fully saturated rings. The molecule has 0 heterocycles. The fourth-order valence-electron chi connectivity index (χ4n) is 2.43. The van der Waals surface area contributed by atoms with Crippen LogP contribution in [0.3, 0.4) is 0 Å². The summed E-state index contributed by atoms with van der Waals surface area (Å²) in [4.78, 5) is 34.3. The Bertz CT molecular complexity index is 1120. The number of benzene rings is 2.